The normalized spacial score (nSPS) is 22.7. The molecule has 2 unspecified atom stereocenters. The second kappa shape index (κ2) is 6.85. The van der Waals surface area contributed by atoms with Gasteiger partial charge in [0.1, 0.15) is 0 Å². The zero-order chi connectivity index (χ0) is 16.3. The summed E-state index contributed by atoms with van der Waals surface area (Å²) in [5.41, 5.74) is 2.80. The summed E-state index contributed by atoms with van der Waals surface area (Å²) in [6.45, 7) is 13.1. The molecule has 1 aliphatic rings. The average molecular weight is 301 g/mol. The molecule has 1 amide bonds. The fraction of sp³-hybridized carbons (Fsp3) is 0.650. The van der Waals surface area contributed by atoms with Crippen molar-refractivity contribution in [1.82, 2.24) is 4.90 Å². The Bertz CT molecular complexity index is 487. The number of benzene rings is 1. The van der Waals surface area contributed by atoms with Crippen molar-refractivity contribution < 1.29 is 4.79 Å². The molecule has 1 saturated heterocycles. The van der Waals surface area contributed by atoms with Crippen molar-refractivity contribution in [2.75, 3.05) is 13.1 Å². The molecule has 2 rings (SSSR count). The van der Waals surface area contributed by atoms with Crippen LogP contribution in [0.25, 0.3) is 0 Å². The second-order valence-electron chi connectivity index (χ2n) is 8.19. The van der Waals surface area contributed by atoms with Gasteiger partial charge in [-0.15, -0.1) is 0 Å². The quantitative estimate of drug-likeness (QED) is 0.809. The van der Waals surface area contributed by atoms with Crippen molar-refractivity contribution in [3.8, 4) is 0 Å². The van der Waals surface area contributed by atoms with E-state index < -0.39 is 0 Å². The Hall–Kier alpha value is -1.31. The first-order chi connectivity index (χ1) is 10.3. The summed E-state index contributed by atoms with van der Waals surface area (Å²) in [5.74, 6) is 1.59. The maximum Gasteiger partial charge on any atom is 0.222 e. The largest absolute Gasteiger partial charge is 0.342 e. The number of amides is 1. The van der Waals surface area contributed by atoms with Gasteiger partial charge in [0.2, 0.25) is 5.91 Å². The molecule has 1 aromatic rings. The molecule has 1 fully saturated rings. The van der Waals surface area contributed by atoms with Crippen LogP contribution in [0, 0.1) is 11.8 Å². The van der Waals surface area contributed by atoms with E-state index in [1.807, 2.05) is 0 Å². The van der Waals surface area contributed by atoms with Gasteiger partial charge in [0.25, 0.3) is 0 Å². The van der Waals surface area contributed by atoms with Crippen molar-refractivity contribution in [3.05, 3.63) is 35.4 Å². The topological polar surface area (TPSA) is 20.3 Å². The summed E-state index contributed by atoms with van der Waals surface area (Å²) in [6, 6.07) is 8.75. The molecule has 0 radical (unpaired) electrons. The number of nitrogens with zero attached hydrogens (tertiary/aromatic N) is 1. The lowest BCUT2D eigenvalue weighted by molar-refractivity contribution is -0.133. The van der Waals surface area contributed by atoms with Crippen LogP contribution < -0.4 is 0 Å². The molecule has 0 N–H and O–H groups in total. The van der Waals surface area contributed by atoms with Gasteiger partial charge >= 0.3 is 0 Å². The average Bonchev–Trinajstić information content (AvgIpc) is 2.43. The van der Waals surface area contributed by atoms with Crippen molar-refractivity contribution >= 4 is 5.91 Å². The first-order valence-electron chi connectivity index (χ1n) is 8.63. The number of carbonyl (C=O) groups excluding carboxylic acids is 1. The van der Waals surface area contributed by atoms with Crippen LogP contribution in [0.15, 0.2) is 24.3 Å². The number of hydrogen-bond donors (Lipinski definition) is 0. The molecule has 2 atom stereocenters. The van der Waals surface area contributed by atoms with E-state index in [1.165, 1.54) is 17.5 Å². The fourth-order valence-corrected chi connectivity index (χ4v) is 3.45. The SMILES string of the molecule is CC1CC(C)CN(C(=O)CCc2ccc(C(C)(C)C)cc2)C1. The minimum atomic E-state index is 0.189. The van der Waals surface area contributed by atoms with Crippen LogP contribution in [-0.4, -0.2) is 23.9 Å². The minimum Gasteiger partial charge on any atom is -0.342 e. The zero-order valence-electron chi connectivity index (χ0n) is 14.9. The molecule has 1 aromatic carbocycles. The Balaban J connectivity index is 1.88. The van der Waals surface area contributed by atoms with E-state index >= 15 is 0 Å². The third-order valence-corrected chi connectivity index (χ3v) is 4.67. The fourth-order valence-electron chi connectivity index (χ4n) is 3.45. The lowest BCUT2D eigenvalue weighted by Crippen LogP contribution is -2.42. The first-order valence-corrected chi connectivity index (χ1v) is 8.63. The van der Waals surface area contributed by atoms with Crippen molar-refractivity contribution in [1.29, 1.82) is 0 Å². The Kier molecular flexibility index (Phi) is 5.31. The third kappa shape index (κ3) is 4.59. The highest BCUT2D eigenvalue weighted by Gasteiger charge is 2.24. The summed E-state index contributed by atoms with van der Waals surface area (Å²) < 4.78 is 0. The van der Waals surface area contributed by atoms with E-state index in [0.717, 1.165) is 19.5 Å². The predicted molar refractivity (Wildman–Crippen MR) is 93.0 cm³/mol. The number of hydrogen-bond acceptors (Lipinski definition) is 1. The molecule has 0 bridgehead atoms. The molecule has 122 valence electrons. The predicted octanol–water partition coefficient (Wildman–Crippen LogP) is 4.42. The van der Waals surface area contributed by atoms with Crippen LogP contribution in [-0.2, 0) is 16.6 Å². The van der Waals surface area contributed by atoms with Gasteiger partial charge in [-0.1, -0.05) is 58.9 Å². The van der Waals surface area contributed by atoms with Gasteiger partial charge in [0.05, 0.1) is 0 Å². The molecule has 1 heterocycles. The van der Waals surface area contributed by atoms with E-state index in [1.54, 1.807) is 0 Å². The summed E-state index contributed by atoms with van der Waals surface area (Å²) >= 11 is 0. The van der Waals surface area contributed by atoms with Gasteiger partial charge in [-0.25, -0.2) is 0 Å². The molecule has 0 saturated carbocycles. The smallest absolute Gasteiger partial charge is 0.222 e. The second-order valence-corrected chi connectivity index (χ2v) is 8.19. The highest BCUT2D eigenvalue weighted by Crippen LogP contribution is 2.23. The monoisotopic (exact) mass is 301 g/mol. The highest BCUT2D eigenvalue weighted by atomic mass is 16.2. The number of carbonyl (C=O) groups is 1. The van der Waals surface area contributed by atoms with Crippen LogP contribution in [0.1, 0.15) is 58.6 Å². The Labute approximate surface area is 135 Å². The van der Waals surface area contributed by atoms with Gasteiger partial charge in [0, 0.05) is 19.5 Å². The van der Waals surface area contributed by atoms with E-state index in [2.05, 4.69) is 63.8 Å². The Morgan fingerprint density at radius 2 is 1.64 bits per heavy atom. The molecule has 0 spiro atoms. The summed E-state index contributed by atoms with van der Waals surface area (Å²) in [5, 5.41) is 0. The molecule has 22 heavy (non-hydrogen) atoms. The summed E-state index contributed by atoms with van der Waals surface area (Å²) in [7, 11) is 0. The number of rotatable bonds is 3. The van der Waals surface area contributed by atoms with Gasteiger partial charge in [0.15, 0.2) is 0 Å². The van der Waals surface area contributed by atoms with Crippen molar-refractivity contribution in [3.63, 3.8) is 0 Å². The van der Waals surface area contributed by atoms with Crippen LogP contribution in [0.5, 0.6) is 0 Å². The van der Waals surface area contributed by atoms with Crippen LogP contribution in [0.2, 0.25) is 0 Å². The summed E-state index contributed by atoms with van der Waals surface area (Å²) in [6.07, 6.45) is 2.73. The molecular weight excluding hydrogens is 270 g/mol. The minimum absolute atomic E-state index is 0.189. The number of piperidine rings is 1. The highest BCUT2D eigenvalue weighted by molar-refractivity contribution is 5.76. The Morgan fingerprint density at radius 1 is 1.09 bits per heavy atom. The van der Waals surface area contributed by atoms with Crippen LogP contribution >= 0.6 is 0 Å². The number of aryl methyl sites for hydroxylation is 1. The standard InChI is InChI=1S/C20H31NO/c1-15-12-16(2)14-21(13-15)19(22)11-8-17-6-9-18(10-7-17)20(3,4)5/h6-7,9-10,15-16H,8,11-14H2,1-5H3. The third-order valence-electron chi connectivity index (χ3n) is 4.67. The maximum atomic E-state index is 12.4. The molecule has 2 heteroatoms. The van der Waals surface area contributed by atoms with E-state index in [4.69, 9.17) is 0 Å². The van der Waals surface area contributed by atoms with Gasteiger partial charge in [-0.3, -0.25) is 4.79 Å². The molecule has 2 nitrogen and oxygen atoms in total. The van der Waals surface area contributed by atoms with Gasteiger partial charge in [-0.05, 0) is 41.2 Å². The molecule has 1 aliphatic heterocycles. The van der Waals surface area contributed by atoms with Gasteiger partial charge in [-0.2, -0.15) is 0 Å². The lowest BCUT2D eigenvalue weighted by Gasteiger charge is -2.35. The number of likely N-dealkylation sites (tertiary alicyclic amines) is 1. The molecule has 0 aromatic heterocycles. The van der Waals surface area contributed by atoms with E-state index in [-0.39, 0.29) is 5.41 Å². The Morgan fingerprint density at radius 3 is 2.14 bits per heavy atom. The van der Waals surface area contributed by atoms with Crippen LogP contribution in [0.3, 0.4) is 0 Å². The lowest BCUT2D eigenvalue weighted by atomic mass is 9.86. The maximum absolute atomic E-state index is 12.4. The van der Waals surface area contributed by atoms with Crippen molar-refractivity contribution in [2.24, 2.45) is 11.8 Å². The molecular formula is C20H31NO. The van der Waals surface area contributed by atoms with Crippen LogP contribution in [0.4, 0.5) is 0 Å². The zero-order valence-corrected chi connectivity index (χ0v) is 14.9. The molecule has 0 aliphatic carbocycles. The van der Waals surface area contributed by atoms with Crippen molar-refractivity contribution in [2.45, 2.75) is 59.3 Å². The van der Waals surface area contributed by atoms with E-state index in [9.17, 15) is 4.79 Å². The van der Waals surface area contributed by atoms with Gasteiger partial charge < -0.3 is 4.90 Å². The van der Waals surface area contributed by atoms with E-state index in [0.29, 0.717) is 24.2 Å². The summed E-state index contributed by atoms with van der Waals surface area (Å²) in [4.78, 5) is 14.5. The first kappa shape index (κ1) is 17.1.